The summed E-state index contributed by atoms with van der Waals surface area (Å²) in [5, 5.41) is 23.1. The van der Waals surface area contributed by atoms with Crippen molar-refractivity contribution < 1.29 is 19.4 Å². The molecule has 0 radical (unpaired) electrons. The van der Waals surface area contributed by atoms with E-state index in [0.29, 0.717) is 12.0 Å². The number of fused-ring (bicyclic) bond motifs is 1. The van der Waals surface area contributed by atoms with Gasteiger partial charge in [0, 0.05) is 0 Å². The van der Waals surface area contributed by atoms with Crippen LogP contribution in [0.3, 0.4) is 0 Å². The van der Waals surface area contributed by atoms with Crippen LogP contribution in [-0.4, -0.2) is 23.6 Å². The summed E-state index contributed by atoms with van der Waals surface area (Å²) in [5.74, 6) is -1.32. The van der Waals surface area contributed by atoms with Crippen LogP contribution >= 0.6 is 0 Å². The molecule has 0 fully saturated rings. The maximum atomic E-state index is 13.4. The first-order valence-corrected chi connectivity index (χ1v) is 10.1. The second-order valence-corrected chi connectivity index (χ2v) is 7.74. The van der Waals surface area contributed by atoms with Gasteiger partial charge in [0.15, 0.2) is 6.61 Å². The molecule has 0 aliphatic rings. The van der Waals surface area contributed by atoms with E-state index in [0.717, 1.165) is 16.3 Å². The summed E-state index contributed by atoms with van der Waals surface area (Å²) in [6.45, 7) is 3.57. The van der Waals surface area contributed by atoms with E-state index in [-0.39, 0.29) is 23.3 Å². The van der Waals surface area contributed by atoms with Gasteiger partial charge in [-0.25, -0.2) is 4.79 Å². The number of carbonyl (C=O) groups is 2. The van der Waals surface area contributed by atoms with E-state index in [2.05, 4.69) is 19.2 Å². The summed E-state index contributed by atoms with van der Waals surface area (Å²) in [4.78, 5) is 24.3. The summed E-state index contributed by atoms with van der Waals surface area (Å²) in [5.41, 5.74) is 1.54. The lowest BCUT2D eigenvalue weighted by Gasteiger charge is -2.22. The molecule has 0 saturated heterocycles. The third-order valence-corrected chi connectivity index (χ3v) is 4.94. The van der Waals surface area contributed by atoms with Crippen LogP contribution in [-0.2, 0) is 9.59 Å². The van der Waals surface area contributed by atoms with E-state index in [9.17, 15) is 14.9 Å². The van der Waals surface area contributed by atoms with Crippen LogP contribution in [0.15, 0.2) is 60.7 Å². The number of anilines is 1. The van der Waals surface area contributed by atoms with Crippen molar-refractivity contribution in [3.8, 4) is 11.8 Å². The summed E-state index contributed by atoms with van der Waals surface area (Å²) >= 11 is 0. The highest BCUT2D eigenvalue weighted by molar-refractivity contribution is 6.00. The SMILES string of the molecule is CC(C)CC(C(=O)Nc1cc(C#N)ccc1OCC(=O)O)c1cccc2ccccc12. The molecule has 1 unspecified atom stereocenters. The monoisotopic (exact) mass is 416 g/mol. The first-order valence-electron chi connectivity index (χ1n) is 10.1. The van der Waals surface area contributed by atoms with E-state index in [1.165, 1.54) is 18.2 Å². The topological polar surface area (TPSA) is 99.4 Å². The smallest absolute Gasteiger partial charge is 0.341 e. The predicted octanol–water partition coefficient (Wildman–Crippen LogP) is 4.94. The Morgan fingerprint density at radius 1 is 1.10 bits per heavy atom. The molecular formula is C25H24N2O4. The summed E-state index contributed by atoms with van der Waals surface area (Å²) in [6, 6.07) is 20.4. The number of nitrogens with one attached hydrogen (secondary N) is 1. The Bertz CT molecular complexity index is 1140. The Morgan fingerprint density at radius 2 is 1.84 bits per heavy atom. The van der Waals surface area contributed by atoms with Gasteiger partial charge in [-0.2, -0.15) is 5.26 Å². The van der Waals surface area contributed by atoms with E-state index in [4.69, 9.17) is 9.84 Å². The lowest BCUT2D eigenvalue weighted by molar-refractivity contribution is -0.139. The van der Waals surface area contributed by atoms with Crippen LogP contribution in [0.1, 0.15) is 37.3 Å². The molecule has 158 valence electrons. The van der Waals surface area contributed by atoms with Crippen LogP contribution in [0.2, 0.25) is 0 Å². The average molecular weight is 416 g/mol. The van der Waals surface area contributed by atoms with Gasteiger partial charge in [-0.1, -0.05) is 56.3 Å². The summed E-state index contributed by atoms with van der Waals surface area (Å²) < 4.78 is 5.31. The van der Waals surface area contributed by atoms with Crippen LogP contribution in [0.4, 0.5) is 5.69 Å². The van der Waals surface area contributed by atoms with Gasteiger partial charge >= 0.3 is 5.97 Å². The van der Waals surface area contributed by atoms with Crippen molar-refractivity contribution in [2.75, 3.05) is 11.9 Å². The molecule has 0 spiro atoms. The normalized spacial score (nSPS) is 11.7. The predicted molar refractivity (Wildman–Crippen MR) is 119 cm³/mol. The third-order valence-electron chi connectivity index (χ3n) is 4.94. The fraction of sp³-hybridized carbons (Fsp3) is 0.240. The van der Waals surface area contributed by atoms with Gasteiger partial charge in [0.1, 0.15) is 5.75 Å². The van der Waals surface area contributed by atoms with Crippen LogP contribution in [0.5, 0.6) is 5.75 Å². The minimum atomic E-state index is -1.13. The highest BCUT2D eigenvalue weighted by Gasteiger charge is 2.25. The Kier molecular flexibility index (Phi) is 6.88. The summed E-state index contributed by atoms with van der Waals surface area (Å²) in [6.07, 6.45) is 0.628. The van der Waals surface area contributed by atoms with E-state index in [1.54, 1.807) is 0 Å². The molecular weight excluding hydrogens is 392 g/mol. The third kappa shape index (κ3) is 5.40. The molecule has 0 bridgehead atoms. The molecule has 6 heteroatoms. The first-order chi connectivity index (χ1) is 14.9. The van der Waals surface area contributed by atoms with Crippen molar-refractivity contribution in [3.05, 3.63) is 71.8 Å². The molecule has 3 aromatic rings. The molecule has 1 atom stereocenters. The Labute approximate surface area is 181 Å². The maximum absolute atomic E-state index is 13.4. The quantitative estimate of drug-likeness (QED) is 0.542. The lowest BCUT2D eigenvalue weighted by Crippen LogP contribution is -2.23. The highest BCUT2D eigenvalue weighted by Crippen LogP contribution is 2.33. The maximum Gasteiger partial charge on any atom is 0.341 e. The van der Waals surface area contributed by atoms with Gasteiger partial charge in [0.2, 0.25) is 5.91 Å². The molecule has 31 heavy (non-hydrogen) atoms. The van der Waals surface area contributed by atoms with Gasteiger partial charge in [-0.15, -0.1) is 0 Å². The number of hydrogen-bond acceptors (Lipinski definition) is 4. The first kappa shape index (κ1) is 21.8. The van der Waals surface area contributed by atoms with Gasteiger partial charge in [-0.05, 0) is 46.9 Å². The number of nitrogens with zero attached hydrogens (tertiary/aromatic N) is 1. The molecule has 0 aliphatic heterocycles. The zero-order chi connectivity index (χ0) is 22.4. The van der Waals surface area contributed by atoms with Crippen molar-refractivity contribution >= 4 is 28.3 Å². The molecule has 0 aromatic heterocycles. The van der Waals surface area contributed by atoms with Crippen molar-refractivity contribution in [3.63, 3.8) is 0 Å². The number of benzene rings is 3. The van der Waals surface area contributed by atoms with Crippen molar-refractivity contribution in [1.29, 1.82) is 5.26 Å². The van der Waals surface area contributed by atoms with Crippen molar-refractivity contribution in [2.45, 2.75) is 26.2 Å². The minimum absolute atomic E-state index is 0.205. The highest BCUT2D eigenvalue weighted by atomic mass is 16.5. The minimum Gasteiger partial charge on any atom is -0.480 e. The Morgan fingerprint density at radius 3 is 2.55 bits per heavy atom. The van der Waals surface area contributed by atoms with Crippen LogP contribution in [0, 0.1) is 17.2 Å². The molecule has 3 aromatic carbocycles. The zero-order valence-electron chi connectivity index (χ0n) is 17.5. The fourth-order valence-corrected chi connectivity index (χ4v) is 3.58. The van der Waals surface area contributed by atoms with Gasteiger partial charge in [0.25, 0.3) is 0 Å². The number of ether oxygens (including phenoxy) is 1. The molecule has 0 aliphatic carbocycles. The zero-order valence-corrected chi connectivity index (χ0v) is 17.5. The molecule has 1 amide bonds. The molecule has 0 heterocycles. The largest absolute Gasteiger partial charge is 0.480 e. The number of hydrogen-bond donors (Lipinski definition) is 2. The number of carboxylic acids is 1. The van der Waals surface area contributed by atoms with Crippen molar-refractivity contribution in [2.24, 2.45) is 5.92 Å². The standard InChI is InChI=1S/C25H24N2O4/c1-16(2)12-21(20-9-5-7-18-6-3-4-8-19(18)20)25(30)27-22-13-17(14-26)10-11-23(22)31-15-24(28)29/h3-11,13,16,21H,12,15H2,1-2H3,(H,27,30)(H,28,29). The van der Waals surface area contributed by atoms with Crippen molar-refractivity contribution in [1.82, 2.24) is 0 Å². The molecule has 3 rings (SSSR count). The van der Waals surface area contributed by atoms with Crippen LogP contribution < -0.4 is 10.1 Å². The van der Waals surface area contributed by atoms with Gasteiger partial charge in [0.05, 0.1) is 23.2 Å². The van der Waals surface area contributed by atoms with E-state index >= 15 is 0 Å². The number of rotatable bonds is 8. The number of carboxylic acid groups (broad SMARTS) is 1. The number of aliphatic carboxylic acids is 1. The number of nitriles is 1. The molecule has 2 N–H and O–H groups in total. The second-order valence-electron chi connectivity index (χ2n) is 7.74. The van der Waals surface area contributed by atoms with Crippen LogP contribution in [0.25, 0.3) is 10.8 Å². The lowest BCUT2D eigenvalue weighted by atomic mass is 9.86. The summed E-state index contributed by atoms with van der Waals surface area (Å²) in [7, 11) is 0. The second kappa shape index (κ2) is 9.77. The number of carbonyl (C=O) groups excluding carboxylic acids is 1. The molecule has 0 saturated carbocycles. The number of amides is 1. The Hall–Kier alpha value is -3.85. The van der Waals surface area contributed by atoms with Gasteiger partial charge < -0.3 is 15.2 Å². The van der Waals surface area contributed by atoms with E-state index in [1.807, 2.05) is 48.5 Å². The average Bonchev–Trinajstić information content (AvgIpc) is 2.76. The van der Waals surface area contributed by atoms with Gasteiger partial charge in [-0.3, -0.25) is 4.79 Å². The Balaban J connectivity index is 1.98. The van der Waals surface area contributed by atoms with E-state index < -0.39 is 18.5 Å². The fourth-order valence-electron chi connectivity index (χ4n) is 3.58. The molecule has 6 nitrogen and oxygen atoms in total.